The zero-order valence-corrected chi connectivity index (χ0v) is 26.0. The number of hydrogen-bond acceptors (Lipinski definition) is 5. The Kier molecular flexibility index (Phi) is 13.1. The van der Waals surface area contributed by atoms with E-state index in [0.29, 0.717) is 17.9 Å². The second kappa shape index (κ2) is 16.5. The first-order chi connectivity index (χ1) is 20.1. The van der Waals surface area contributed by atoms with Crippen LogP contribution in [0.15, 0.2) is 72.8 Å². The van der Waals surface area contributed by atoms with Gasteiger partial charge in [-0.05, 0) is 79.5 Å². The van der Waals surface area contributed by atoms with Crippen molar-refractivity contribution in [2.75, 3.05) is 19.8 Å². The molecule has 1 N–H and O–H groups in total. The lowest BCUT2D eigenvalue weighted by Gasteiger charge is -2.29. The standard InChI is InChI=1S/C37H50O5/c1-6-7-8-9-29-10-14-31(15-11-29)33-18-20-34(21-19-33)32-16-12-30(13-17-32)22-23-37(5,25-41-35(39)27(2)3)26-42-36(40)28(4)24-38/h12-13,16-21,29,31,38H,2,4,6-11,14-15,22-26H2,1,3,5H3. The number of hydrogen-bond donors (Lipinski definition) is 1. The van der Waals surface area contributed by atoms with Crippen LogP contribution in [0.3, 0.4) is 0 Å². The third kappa shape index (κ3) is 10.3. The van der Waals surface area contributed by atoms with E-state index < -0.39 is 24.0 Å². The fourth-order valence-corrected chi connectivity index (χ4v) is 5.68. The number of esters is 2. The Hall–Kier alpha value is -3.18. The molecule has 1 aliphatic rings. The van der Waals surface area contributed by atoms with Gasteiger partial charge in [0.2, 0.25) is 0 Å². The Morgan fingerprint density at radius 1 is 0.881 bits per heavy atom. The van der Waals surface area contributed by atoms with Gasteiger partial charge in [-0.3, -0.25) is 0 Å². The first kappa shape index (κ1) is 33.3. The van der Waals surface area contributed by atoms with Crippen LogP contribution in [0.4, 0.5) is 0 Å². The number of aliphatic hydroxyl groups is 1. The average Bonchev–Trinajstić information content (AvgIpc) is 3.02. The lowest BCUT2D eigenvalue weighted by Crippen LogP contribution is -2.32. The summed E-state index contributed by atoms with van der Waals surface area (Å²) in [5, 5.41) is 9.16. The Bertz CT molecular complexity index is 1170. The van der Waals surface area contributed by atoms with E-state index in [1.165, 1.54) is 68.1 Å². The largest absolute Gasteiger partial charge is 0.462 e. The molecular weight excluding hydrogens is 524 g/mol. The van der Waals surface area contributed by atoms with Crippen molar-refractivity contribution in [2.45, 2.75) is 90.9 Å². The number of aryl methyl sites for hydroxylation is 1. The second-order valence-electron chi connectivity index (χ2n) is 12.5. The molecule has 2 aromatic rings. The van der Waals surface area contributed by atoms with Gasteiger partial charge in [-0.1, -0.05) is 101 Å². The van der Waals surface area contributed by atoms with Crippen molar-refractivity contribution in [3.8, 4) is 11.1 Å². The van der Waals surface area contributed by atoms with E-state index in [1.807, 2.05) is 6.92 Å². The predicted molar refractivity (Wildman–Crippen MR) is 170 cm³/mol. The van der Waals surface area contributed by atoms with Crippen LogP contribution in [0.5, 0.6) is 0 Å². The summed E-state index contributed by atoms with van der Waals surface area (Å²) in [5.41, 5.74) is 4.71. The van der Waals surface area contributed by atoms with Crippen molar-refractivity contribution in [3.05, 3.63) is 84.0 Å². The van der Waals surface area contributed by atoms with E-state index in [-0.39, 0.29) is 18.8 Å². The maximum absolute atomic E-state index is 12.1. The molecule has 1 aliphatic carbocycles. The summed E-state index contributed by atoms with van der Waals surface area (Å²) >= 11 is 0. The van der Waals surface area contributed by atoms with Gasteiger partial charge in [0.1, 0.15) is 13.2 Å². The molecule has 1 fully saturated rings. The molecule has 3 rings (SSSR count). The molecule has 42 heavy (non-hydrogen) atoms. The number of carbonyl (C=O) groups excluding carboxylic acids is 2. The van der Waals surface area contributed by atoms with Crippen molar-refractivity contribution in [3.63, 3.8) is 0 Å². The molecular formula is C37H50O5. The molecule has 0 heterocycles. The smallest absolute Gasteiger partial charge is 0.335 e. The van der Waals surface area contributed by atoms with Gasteiger partial charge in [-0.25, -0.2) is 9.59 Å². The summed E-state index contributed by atoms with van der Waals surface area (Å²) in [7, 11) is 0. The first-order valence-corrected chi connectivity index (χ1v) is 15.6. The highest BCUT2D eigenvalue weighted by molar-refractivity contribution is 5.88. The van der Waals surface area contributed by atoms with Gasteiger partial charge in [-0.15, -0.1) is 0 Å². The third-order valence-electron chi connectivity index (χ3n) is 8.68. The van der Waals surface area contributed by atoms with Crippen LogP contribution in [0.2, 0.25) is 0 Å². The number of ether oxygens (including phenoxy) is 2. The molecule has 228 valence electrons. The molecule has 1 atom stereocenters. The SMILES string of the molecule is C=C(C)C(=O)OCC(C)(CCc1ccc(-c2ccc(C3CCC(CCCCC)CC3)cc2)cc1)COC(=O)C(=C)CO. The van der Waals surface area contributed by atoms with E-state index >= 15 is 0 Å². The van der Waals surface area contributed by atoms with Crippen LogP contribution in [0, 0.1) is 11.3 Å². The molecule has 2 aromatic carbocycles. The summed E-state index contributed by atoms with van der Waals surface area (Å²) in [6.07, 6.45) is 12.2. The van der Waals surface area contributed by atoms with E-state index in [1.54, 1.807) is 6.92 Å². The van der Waals surface area contributed by atoms with Gasteiger partial charge in [0.25, 0.3) is 0 Å². The Morgan fingerprint density at radius 2 is 1.45 bits per heavy atom. The molecule has 1 saturated carbocycles. The summed E-state index contributed by atoms with van der Waals surface area (Å²) in [6.45, 7) is 12.6. The molecule has 0 aromatic heterocycles. The molecule has 5 heteroatoms. The highest BCUT2D eigenvalue weighted by Crippen LogP contribution is 2.38. The van der Waals surface area contributed by atoms with Crippen molar-refractivity contribution < 1.29 is 24.2 Å². The highest BCUT2D eigenvalue weighted by atomic mass is 16.5. The topological polar surface area (TPSA) is 72.8 Å². The van der Waals surface area contributed by atoms with Crippen LogP contribution in [0.1, 0.15) is 95.6 Å². The lowest BCUT2D eigenvalue weighted by molar-refractivity contribution is -0.149. The van der Waals surface area contributed by atoms with Crippen LogP contribution in [-0.4, -0.2) is 36.9 Å². The summed E-state index contributed by atoms with van der Waals surface area (Å²) in [4.78, 5) is 24.1. The quantitative estimate of drug-likeness (QED) is 0.124. The Balaban J connectivity index is 1.56. The minimum atomic E-state index is -0.652. The zero-order valence-electron chi connectivity index (χ0n) is 26.0. The van der Waals surface area contributed by atoms with E-state index in [4.69, 9.17) is 14.6 Å². The molecule has 0 bridgehead atoms. The second-order valence-corrected chi connectivity index (χ2v) is 12.5. The molecule has 0 amide bonds. The van der Waals surface area contributed by atoms with Gasteiger partial charge in [0.05, 0.1) is 12.2 Å². The fourth-order valence-electron chi connectivity index (χ4n) is 5.68. The third-order valence-corrected chi connectivity index (χ3v) is 8.68. The maximum atomic E-state index is 12.1. The van der Waals surface area contributed by atoms with E-state index in [2.05, 4.69) is 68.6 Å². The number of aliphatic hydroxyl groups excluding tert-OH is 1. The molecule has 5 nitrogen and oxygen atoms in total. The normalized spacial score (nSPS) is 18.1. The Morgan fingerprint density at radius 3 is 2.00 bits per heavy atom. The van der Waals surface area contributed by atoms with Gasteiger partial charge in [0, 0.05) is 11.0 Å². The number of unbranched alkanes of at least 4 members (excludes halogenated alkanes) is 2. The first-order valence-electron chi connectivity index (χ1n) is 15.6. The molecule has 0 spiro atoms. The maximum Gasteiger partial charge on any atom is 0.335 e. The summed E-state index contributed by atoms with van der Waals surface area (Å²) in [6, 6.07) is 17.7. The molecule has 0 radical (unpaired) electrons. The fraction of sp³-hybridized carbons (Fsp3) is 0.514. The van der Waals surface area contributed by atoms with E-state index in [9.17, 15) is 9.59 Å². The number of carbonyl (C=O) groups is 2. The predicted octanol–water partition coefficient (Wildman–Crippen LogP) is 8.36. The van der Waals surface area contributed by atoms with Gasteiger partial charge in [0.15, 0.2) is 0 Å². The van der Waals surface area contributed by atoms with Crippen molar-refractivity contribution in [1.29, 1.82) is 0 Å². The lowest BCUT2D eigenvalue weighted by atomic mass is 9.77. The van der Waals surface area contributed by atoms with Gasteiger partial charge in [-0.2, -0.15) is 0 Å². The zero-order chi connectivity index (χ0) is 30.5. The highest BCUT2D eigenvalue weighted by Gasteiger charge is 2.29. The summed E-state index contributed by atoms with van der Waals surface area (Å²) in [5.74, 6) is 0.489. The van der Waals surface area contributed by atoms with E-state index in [0.717, 1.165) is 17.9 Å². The van der Waals surface area contributed by atoms with Crippen molar-refractivity contribution >= 4 is 11.9 Å². The molecule has 0 aliphatic heterocycles. The monoisotopic (exact) mass is 574 g/mol. The number of rotatable bonds is 16. The molecule has 1 unspecified atom stereocenters. The molecule has 0 saturated heterocycles. The average molecular weight is 575 g/mol. The minimum absolute atomic E-state index is 0.00918. The summed E-state index contributed by atoms with van der Waals surface area (Å²) < 4.78 is 10.8. The van der Waals surface area contributed by atoms with Crippen molar-refractivity contribution in [1.82, 2.24) is 0 Å². The Labute approximate surface area is 253 Å². The van der Waals surface area contributed by atoms with Crippen LogP contribution in [0.25, 0.3) is 11.1 Å². The van der Waals surface area contributed by atoms with Crippen LogP contribution < -0.4 is 0 Å². The van der Waals surface area contributed by atoms with Gasteiger partial charge >= 0.3 is 11.9 Å². The van der Waals surface area contributed by atoms with Crippen LogP contribution >= 0.6 is 0 Å². The van der Waals surface area contributed by atoms with Crippen molar-refractivity contribution in [2.24, 2.45) is 11.3 Å². The minimum Gasteiger partial charge on any atom is -0.462 e. The number of benzene rings is 2. The van der Waals surface area contributed by atoms with Gasteiger partial charge < -0.3 is 14.6 Å². The van der Waals surface area contributed by atoms with Crippen LogP contribution in [-0.2, 0) is 25.5 Å².